The second-order valence-electron chi connectivity index (χ2n) is 7.41. The Labute approximate surface area is 183 Å². The van der Waals surface area contributed by atoms with Gasteiger partial charge in [-0.2, -0.15) is 0 Å². The molecule has 2 aromatic carbocycles. The van der Waals surface area contributed by atoms with Gasteiger partial charge in [0, 0.05) is 44.1 Å². The van der Waals surface area contributed by atoms with Crippen LogP contribution in [0, 0.1) is 0 Å². The molecular formula is C25H30N4O2. The Morgan fingerprint density at radius 2 is 1.65 bits per heavy atom. The van der Waals surface area contributed by atoms with Gasteiger partial charge in [0.1, 0.15) is 5.69 Å². The van der Waals surface area contributed by atoms with Gasteiger partial charge in [-0.3, -0.25) is 9.59 Å². The Kier molecular flexibility index (Phi) is 7.87. The lowest BCUT2D eigenvalue weighted by Crippen LogP contribution is -2.41. The van der Waals surface area contributed by atoms with Crippen LogP contribution in [0.3, 0.4) is 0 Å². The fourth-order valence-electron chi connectivity index (χ4n) is 3.57. The minimum Gasteiger partial charge on any atom is -0.369 e. The van der Waals surface area contributed by atoms with Gasteiger partial charge in [-0.15, -0.1) is 0 Å². The molecule has 0 aliphatic rings. The van der Waals surface area contributed by atoms with Crippen LogP contribution in [0.1, 0.15) is 23.8 Å². The molecule has 3 aromatic rings. The van der Waals surface area contributed by atoms with Crippen molar-refractivity contribution in [2.75, 3.05) is 31.1 Å². The first-order valence-corrected chi connectivity index (χ1v) is 10.7. The smallest absolute Gasteiger partial charge is 0.268 e. The third kappa shape index (κ3) is 5.98. The quantitative estimate of drug-likeness (QED) is 0.530. The highest BCUT2D eigenvalue weighted by molar-refractivity contribution is 5.95. The number of nitrogens with one attached hydrogen (secondary N) is 2. The summed E-state index contributed by atoms with van der Waals surface area (Å²) in [4.78, 5) is 26.6. The van der Waals surface area contributed by atoms with E-state index in [1.807, 2.05) is 30.3 Å². The third-order valence-corrected chi connectivity index (χ3v) is 5.11. The van der Waals surface area contributed by atoms with Crippen molar-refractivity contribution in [2.45, 2.75) is 13.3 Å². The normalized spacial score (nSPS) is 10.5. The van der Waals surface area contributed by atoms with E-state index in [2.05, 4.69) is 46.7 Å². The summed E-state index contributed by atoms with van der Waals surface area (Å²) in [6.07, 6.45) is 2.80. The number of nitrogens with zero attached hydrogens (tertiary/aromatic N) is 2. The van der Waals surface area contributed by atoms with Gasteiger partial charge in [0.15, 0.2) is 0 Å². The molecule has 6 nitrogen and oxygen atoms in total. The van der Waals surface area contributed by atoms with Gasteiger partial charge < -0.3 is 20.1 Å². The molecule has 0 bridgehead atoms. The van der Waals surface area contributed by atoms with Crippen molar-refractivity contribution in [1.82, 2.24) is 15.2 Å². The van der Waals surface area contributed by atoms with Gasteiger partial charge in [-0.25, -0.2) is 0 Å². The standard InChI is InChI=1S/C25H30N4O2/c1-3-16-29(22-13-8-7-12-21(22)20-10-5-4-6-11-20)18-15-26-24(30)19-27-25(31)23-14-9-17-28(23)2/h4-14,17H,3,15-16,18-19H2,1-2H3,(H,26,30)(H,27,31). The van der Waals surface area contributed by atoms with Crippen molar-refractivity contribution >= 4 is 17.5 Å². The lowest BCUT2D eigenvalue weighted by atomic mass is 10.0. The minimum absolute atomic E-state index is 0.0433. The second kappa shape index (κ2) is 11.0. The molecule has 3 rings (SSSR count). The molecule has 6 heteroatoms. The number of carbonyl (C=O) groups excluding carboxylic acids is 2. The Hall–Kier alpha value is -3.54. The highest BCUT2D eigenvalue weighted by atomic mass is 16.2. The number of amides is 2. The van der Waals surface area contributed by atoms with E-state index in [1.165, 1.54) is 11.1 Å². The van der Waals surface area contributed by atoms with Crippen molar-refractivity contribution in [1.29, 1.82) is 0 Å². The van der Waals surface area contributed by atoms with E-state index in [4.69, 9.17) is 0 Å². The van der Waals surface area contributed by atoms with E-state index in [0.717, 1.165) is 18.7 Å². The molecule has 0 radical (unpaired) electrons. The third-order valence-electron chi connectivity index (χ3n) is 5.11. The van der Waals surface area contributed by atoms with E-state index in [-0.39, 0.29) is 18.4 Å². The largest absolute Gasteiger partial charge is 0.369 e. The molecule has 0 saturated heterocycles. The van der Waals surface area contributed by atoms with Crippen molar-refractivity contribution in [3.8, 4) is 11.1 Å². The maximum atomic E-state index is 12.2. The fourth-order valence-corrected chi connectivity index (χ4v) is 3.57. The van der Waals surface area contributed by atoms with E-state index in [9.17, 15) is 9.59 Å². The maximum absolute atomic E-state index is 12.2. The Bertz CT molecular complexity index is 998. The molecule has 0 saturated carbocycles. The van der Waals surface area contributed by atoms with Crippen LogP contribution in [-0.4, -0.2) is 42.6 Å². The van der Waals surface area contributed by atoms with Gasteiger partial charge in [0.2, 0.25) is 5.91 Å². The summed E-state index contributed by atoms with van der Waals surface area (Å²) in [5, 5.41) is 5.58. The number of rotatable bonds is 10. The van der Waals surface area contributed by atoms with Crippen LogP contribution in [0.25, 0.3) is 11.1 Å². The Morgan fingerprint density at radius 1 is 0.903 bits per heavy atom. The molecular weight excluding hydrogens is 388 g/mol. The van der Waals surface area contributed by atoms with Crippen molar-refractivity contribution in [3.63, 3.8) is 0 Å². The van der Waals surface area contributed by atoms with Crippen molar-refractivity contribution in [3.05, 3.63) is 78.6 Å². The highest BCUT2D eigenvalue weighted by Crippen LogP contribution is 2.30. The van der Waals surface area contributed by atoms with E-state index in [1.54, 1.807) is 29.9 Å². The summed E-state index contributed by atoms with van der Waals surface area (Å²) in [5.74, 6) is -0.456. The topological polar surface area (TPSA) is 66.4 Å². The summed E-state index contributed by atoms with van der Waals surface area (Å²) in [6.45, 7) is 4.19. The molecule has 0 aliphatic heterocycles. The average Bonchev–Trinajstić information content (AvgIpc) is 3.23. The zero-order chi connectivity index (χ0) is 22.1. The number of anilines is 1. The predicted molar refractivity (Wildman–Crippen MR) is 125 cm³/mol. The average molecular weight is 419 g/mol. The number of carbonyl (C=O) groups is 2. The lowest BCUT2D eigenvalue weighted by molar-refractivity contribution is -0.120. The van der Waals surface area contributed by atoms with Crippen LogP contribution in [0.15, 0.2) is 72.9 Å². The number of hydrogen-bond donors (Lipinski definition) is 2. The number of aromatic nitrogens is 1. The van der Waals surface area contributed by atoms with Crippen LogP contribution in [0.4, 0.5) is 5.69 Å². The summed E-state index contributed by atoms with van der Waals surface area (Å²) in [7, 11) is 1.80. The molecule has 0 unspecified atom stereocenters. The molecule has 31 heavy (non-hydrogen) atoms. The predicted octanol–water partition coefficient (Wildman–Crippen LogP) is 3.45. The number of para-hydroxylation sites is 1. The first-order valence-electron chi connectivity index (χ1n) is 10.7. The number of aryl methyl sites for hydroxylation is 1. The van der Waals surface area contributed by atoms with Crippen LogP contribution in [-0.2, 0) is 11.8 Å². The number of benzene rings is 2. The van der Waals surface area contributed by atoms with Crippen molar-refractivity contribution < 1.29 is 9.59 Å². The minimum atomic E-state index is -0.257. The number of hydrogen-bond acceptors (Lipinski definition) is 3. The van der Waals surface area contributed by atoms with Gasteiger partial charge in [-0.05, 0) is 30.2 Å². The van der Waals surface area contributed by atoms with Crippen LogP contribution < -0.4 is 15.5 Å². The monoisotopic (exact) mass is 418 g/mol. The second-order valence-corrected chi connectivity index (χ2v) is 7.41. The first kappa shape index (κ1) is 22.2. The summed E-state index contributed by atoms with van der Waals surface area (Å²) in [5.41, 5.74) is 4.03. The lowest BCUT2D eigenvalue weighted by Gasteiger charge is -2.27. The zero-order valence-electron chi connectivity index (χ0n) is 18.2. The molecule has 2 N–H and O–H groups in total. The van der Waals surface area contributed by atoms with Crippen LogP contribution in [0.5, 0.6) is 0 Å². The summed E-state index contributed by atoms with van der Waals surface area (Å²) in [6, 6.07) is 22.2. The summed E-state index contributed by atoms with van der Waals surface area (Å²) >= 11 is 0. The first-order chi connectivity index (χ1) is 15.1. The molecule has 0 aliphatic carbocycles. The van der Waals surface area contributed by atoms with Gasteiger partial charge in [-0.1, -0.05) is 55.5 Å². The Morgan fingerprint density at radius 3 is 2.35 bits per heavy atom. The molecule has 0 spiro atoms. The van der Waals surface area contributed by atoms with Crippen LogP contribution >= 0.6 is 0 Å². The van der Waals surface area contributed by atoms with E-state index in [0.29, 0.717) is 18.8 Å². The van der Waals surface area contributed by atoms with Gasteiger partial charge in [0.25, 0.3) is 5.91 Å². The van der Waals surface area contributed by atoms with Gasteiger partial charge >= 0.3 is 0 Å². The Balaban J connectivity index is 1.56. The molecule has 1 aromatic heterocycles. The van der Waals surface area contributed by atoms with Crippen LogP contribution in [0.2, 0.25) is 0 Å². The SMILES string of the molecule is CCCN(CCNC(=O)CNC(=O)c1cccn1C)c1ccccc1-c1ccccc1. The van der Waals surface area contributed by atoms with E-state index >= 15 is 0 Å². The van der Waals surface area contributed by atoms with Gasteiger partial charge in [0.05, 0.1) is 6.54 Å². The fraction of sp³-hybridized carbons (Fsp3) is 0.280. The van der Waals surface area contributed by atoms with E-state index < -0.39 is 0 Å². The molecule has 2 amide bonds. The maximum Gasteiger partial charge on any atom is 0.268 e. The van der Waals surface area contributed by atoms with Crippen molar-refractivity contribution in [2.24, 2.45) is 7.05 Å². The summed E-state index contributed by atoms with van der Waals surface area (Å²) < 4.78 is 1.72. The molecule has 0 atom stereocenters. The molecule has 1 heterocycles. The molecule has 0 fully saturated rings. The molecule has 162 valence electrons. The zero-order valence-corrected chi connectivity index (χ0v) is 18.2. The highest BCUT2D eigenvalue weighted by Gasteiger charge is 2.13.